The van der Waals surface area contributed by atoms with Crippen molar-refractivity contribution in [2.24, 2.45) is 0 Å². The van der Waals surface area contributed by atoms with Gasteiger partial charge in [0.1, 0.15) is 0 Å². The second kappa shape index (κ2) is 3.84. The van der Waals surface area contributed by atoms with Crippen LogP contribution in [0, 0.1) is 5.82 Å². The normalized spacial score (nSPS) is 9.69. The number of carbonyl (C=O) groups excluding carboxylic acids is 1. The van der Waals surface area contributed by atoms with Gasteiger partial charge in [0.2, 0.25) is 0 Å². The van der Waals surface area contributed by atoms with E-state index < -0.39 is 11.8 Å². The van der Waals surface area contributed by atoms with Gasteiger partial charge in [-0.05, 0) is 19.1 Å². The lowest BCUT2D eigenvalue weighted by molar-refractivity contribution is 0.0519. The van der Waals surface area contributed by atoms with E-state index in [9.17, 15) is 9.18 Å². The number of anilines is 1. The van der Waals surface area contributed by atoms with Gasteiger partial charge in [-0.2, -0.15) is 0 Å². The third-order valence-corrected chi connectivity index (χ3v) is 1.36. The van der Waals surface area contributed by atoms with E-state index in [2.05, 4.69) is 9.72 Å². The fourth-order valence-corrected chi connectivity index (χ4v) is 0.777. The van der Waals surface area contributed by atoms with Crippen molar-refractivity contribution in [3.63, 3.8) is 0 Å². The number of esters is 1. The second-order valence-electron chi connectivity index (χ2n) is 2.28. The number of nitrogen functional groups attached to an aromatic ring is 1. The molecule has 0 atom stereocenters. The Labute approximate surface area is 74.5 Å². The second-order valence-corrected chi connectivity index (χ2v) is 2.28. The first-order valence-corrected chi connectivity index (χ1v) is 3.74. The van der Waals surface area contributed by atoms with Crippen molar-refractivity contribution in [3.05, 3.63) is 23.6 Å². The lowest BCUT2D eigenvalue weighted by atomic mass is 10.3. The van der Waals surface area contributed by atoms with Gasteiger partial charge < -0.3 is 10.5 Å². The summed E-state index contributed by atoms with van der Waals surface area (Å²) in [5.41, 5.74) is 5.18. The molecular formula is C8H9FN2O2. The molecule has 0 aromatic carbocycles. The third-order valence-electron chi connectivity index (χ3n) is 1.36. The SMILES string of the molecule is CCOC(=O)c1ccc(F)c(N)n1. The molecule has 4 nitrogen and oxygen atoms in total. The van der Waals surface area contributed by atoms with Crippen LogP contribution in [0.2, 0.25) is 0 Å². The number of carbonyl (C=O) groups is 1. The summed E-state index contributed by atoms with van der Waals surface area (Å²) in [6, 6.07) is 2.30. The summed E-state index contributed by atoms with van der Waals surface area (Å²) in [6.07, 6.45) is 0. The zero-order valence-electron chi connectivity index (χ0n) is 7.08. The third kappa shape index (κ3) is 2.14. The molecular weight excluding hydrogens is 175 g/mol. The Morgan fingerprint density at radius 1 is 1.69 bits per heavy atom. The van der Waals surface area contributed by atoms with Crippen molar-refractivity contribution in [3.8, 4) is 0 Å². The van der Waals surface area contributed by atoms with E-state index in [-0.39, 0.29) is 18.1 Å². The number of hydrogen-bond acceptors (Lipinski definition) is 4. The van der Waals surface area contributed by atoms with Gasteiger partial charge >= 0.3 is 5.97 Å². The lowest BCUT2D eigenvalue weighted by Crippen LogP contribution is -2.09. The zero-order valence-corrected chi connectivity index (χ0v) is 7.08. The largest absolute Gasteiger partial charge is 0.461 e. The summed E-state index contributed by atoms with van der Waals surface area (Å²) in [4.78, 5) is 14.6. The van der Waals surface area contributed by atoms with Crippen LogP contribution in [-0.2, 0) is 4.74 Å². The maximum Gasteiger partial charge on any atom is 0.357 e. The molecule has 13 heavy (non-hydrogen) atoms. The summed E-state index contributed by atoms with van der Waals surface area (Å²) >= 11 is 0. The molecule has 0 radical (unpaired) electrons. The van der Waals surface area contributed by atoms with E-state index in [1.54, 1.807) is 6.92 Å². The van der Waals surface area contributed by atoms with Crippen molar-refractivity contribution in [2.75, 3.05) is 12.3 Å². The Morgan fingerprint density at radius 2 is 2.38 bits per heavy atom. The van der Waals surface area contributed by atoms with Gasteiger partial charge in [-0.15, -0.1) is 0 Å². The average molecular weight is 184 g/mol. The van der Waals surface area contributed by atoms with Crippen LogP contribution in [0.1, 0.15) is 17.4 Å². The van der Waals surface area contributed by atoms with E-state index >= 15 is 0 Å². The van der Waals surface area contributed by atoms with E-state index in [0.29, 0.717) is 0 Å². The average Bonchev–Trinajstić information content (AvgIpc) is 2.10. The molecule has 2 N–H and O–H groups in total. The van der Waals surface area contributed by atoms with Crippen molar-refractivity contribution < 1.29 is 13.9 Å². The molecule has 1 rings (SSSR count). The summed E-state index contributed by atoms with van der Waals surface area (Å²) in [5, 5.41) is 0. The van der Waals surface area contributed by atoms with Crippen LogP contribution in [0.5, 0.6) is 0 Å². The zero-order chi connectivity index (χ0) is 9.84. The minimum Gasteiger partial charge on any atom is -0.461 e. The predicted molar refractivity (Wildman–Crippen MR) is 44.6 cm³/mol. The molecule has 0 aliphatic rings. The Morgan fingerprint density at radius 3 is 2.92 bits per heavy atom. The quantitative estimate of drug-likeness (QED) is 0.696. The molecule has 0 amide bonds. The number of halogens is 1. The standard InChI is InChI=1S/C8H9FN2O2/c1-2-13-8(12)6-4-3-5(9)7(10)11-6/h3-4H,2H2,1H3,(H2,10,11). The van der Waals surface area contributed by atoms with Crippen molar-refractivity contribution in [2.45, 2.75) is 6.92 Å². The molecule has 0 aliphatic heterocycles. The minimum absolute atomic E-state index is 0.0146. The van der Waals surface area contributed by atoms with Gasteiger partial charge in [0.05, 0.1) is 6.61 Å². The van der Waals surface area contributed by atoms with Gasteiger partial charge in [0.15, 0.2) is 17.3 Å². The van der Waals surface area contributed by atoms with Crippen LogP contribution in [0.25, 0.3) is 0 Å². The number of nitrogens with two attached hydrogens (primary N) is 1. The minimum atomic E-state index is -0.645. The number of rotatable bonds is 2. The molecule has 0 unspecified atom stereocenters. The van der Waals surface area contributed by atoms with Crippen molar-refractivity contribution in [1.29, 1.82) is 0 Å². The highest BCUT2D eigenvalue weighted by Crippen LogP contribution is 2.07. The van der Waals surface area contributed by atoms with Crippen LogP contribution in [0.4, 0.5) is 10.2 Å². The van der Waals surface area contributed by atoms with Gasteiger partial charge in [0.25, 0.3) is 0 Å². The predicted octanol–water partition coefficient (Wildman–Crippen LogP) is 0.980. The molecule has 1 aromatic heterocycles. The molecule has 0 fully saturated rings. The van der Waals surface area contributed by atoms with Crippen LogP contribution in [-0.4, -0.2) is 17.6 Å². The first kappa shape index (κ1) is 9.44. The number of pyridine rings is 1. The summed E-state index contributed by atoms with van der Waals surface area (Å²) in [6.45, 7) is 1.92. The van der Waals surface area contributed by atoms with Crippen LogP contribution >= 0.6 is 0 Å². The van der Waals surface area contributed by atoms with Gasteiger partial charge in [-0.25, -0.2) is 14.2 Å². The molecule has 0 bridgehead atoms. The summed E-state index contributed by atoms with van der Waals surface area (Å²) in [5.74, 6) is -1.55. The van der Waals surface area contributed by atoms with Crippen LogP contribution < -0.4 is 5.73 Å². The summed E-state index contributed by atoms with van der Waals surface area (Å²) in [7, 11) is 0. The van der Waals surface area contributed by atoms with Gasteiger partial charge in [-0.3, -0.25) is 0 Å². The van der Waals surface area contributed by atoms with E-state index in [1.807, 2.05) is 0 Å². The number of ether oxygens (including phenoxy) is 1. The molecule has 0 aliphatic carbocycles. The highest BCUT2D eigenvalue weighted by atomic mass is 19.1. The van der Waals surface area contributed by atoms with E-state index in [4.69, 9.17) is 5.73 Å². The molecule has 0 saturated carbocycles. The highest BCUT2D eigenvalue weighted by Gasteiger charge is 2.09. The molecule has 70 valence electrons. The van der Waals surface area contributed by atoms with Crippen molar-refractivity contribution >= 4 is 11.8 Å². The fraction of sp³-hybridized carbons (Fsp3) is 0.250. The maximum atomic E-state index is 12.6. The van der Waals surface area contributed by atoms with E-state index in [0.717, 1.165) is 6.07 Å². The highest BCUT2D eigenvalue weighted by molar-refractivity contribution is 5.87. The van der Waals surface area contributed by atoms with E-state index in [1.165, 1.54) is 6.07 Å². The van der Waals surface area contributed by atoms with Crippen LogP contribution in [0.15, 0.2) is 12.1 Å². The maximum absolute atomic E-state index is 12.6. The number of aromatic nitrogens is 1. The van der Waals surface area contributed by atoms with Gasteiger partial charge in [0, 0.05) is 0 Å². The molecule has 1 aromatic rings. The molecule has 5 heteroatoms. The Hall–Kier alpha value is -1.65. The Kier molecular flexibility index (Phi) is 2.79. The first-order chi connectivity index (χ1) is 6.15. The molecule has 0 saturated heterocycles. The smallest absolute Gasteiger partial charge is 0.357 e. The first-order valence-electron chi connectivity index (χ1n) is 3.74. The summed E-state index contributed by atoms with van der Waals surface area (Å²) < 4.78 is 17.3. The molecule has 0 spiro atoms. The van der Waals surface area contributed by atoms with Crippen molar-refractivity contribution in [1.82, 2.24) is 4.98 Å². The number of hydrogen-bond donors (Lipinski definition) is 1. The number of nitrogens with zero attached hydrogens (tertiary/aromatic N) is 1. The molecule has 1 heterocycles. The Balaban J connectivity index is 2.90. The monoisotopic (exact) mass is 184 g/mol. The Bertz CT molecular complexity index is 328. The fourth-order valence-electron chi connectivity index (χ4n) is 0.777. The topological polar surface area (TPSA) is 65.2 Å². The van der Waals surface area contributed by atoms with Crippen LogP contribution in [0.3, 0.4) is 0 Å². The lowest BCUT2D eigenvalue weighted by Gasteiger charge is -2.01. The van der Waals surface area contributed by atoms with Gasteiger partial charge in [-0.1, -0.05) is 0 Å².